The molecule has 0 unspecified atom stereocenters. The maximum absolute atomic E-state index is 9.32. The second kappa shape index (κ2) is 22.6. The summed E-state index contributed by atoms with van der Waals surface area (Å²) in [6.45, 7) is 14.7. The van der Waals surface area contributed by atoms with Crippen molar-refractivity contribution in [3.63, 3.8) is 0 Å². The summed E-state index contributed by atoms with van der Waals surface area (Å²) in [6, 6.07) is 107. The van der Waals surface area contributed by atoms with Crippen LogP contribution in [0.1, 0.15) is 5.56 Å². The quantitative estimate of drug-likeness (QED) is 0.128. The molecule has 20 aromatic rings. The number of benzene rings is 15. The molecule has 458 valence electrons. The van der Waals surface area contributed by atoms with Crippen molar-refractivity contribution in [1.29, 1.82) is 5.26 Å². The number of rotatable bonds is 4. The Morgan fingerprint density at radius 1 is 0.245 bits per heavy atom. The van der Waals surface area contributed by atoms with Gasteiger partial charge in [-0.1, -0.05) is 182 Å². The highest BCUT2D eigenvalue weighted by Gasteiger charge is 2.19. The first-order valence-electron chi connectivity index (χ1n) is 32.8. The van der Waals surface area contributed by atoms with Gasteiger partial charge >= 0.3 is 0 Å². The third-order valence-corrected chi connectivity index (χ3v) is 20.3. The predicted molar refractivity (Wildman–Crippen MR) is 411 cm³/mol. The van der Waals surface area contributed by atoms with Crippen molar-refractivity contribution in [2.24, 2.45) is 21.1 Å². The molecule has 5 heterocycles. The van der Waals surface area contributed by atoms with Crippen molar-refractivity contribution < 1.29 is 0 Å². The minimum Gasteiger partial charge on any atom is -0.345 e. The van der Waals surface area contributed by atoms with Gasteiger partial charge in [-0.25, -0.2) is 9.69 Å². The van der Waals surface area contributed by atoms with E-state index in [9.17, 15) is 5.26 Å². The molecular weight excluding hydrogens is 1190 g/mol. The number of hydrogen-bond donors (Lipinski definition) is 0. The maximum atomic E-state index is 9.32. The predicted octanol–water partition coefficient (Wildman–Crippen LogP) is 24.0. The molecule has 8 nitrogen and oxygen atoms in total. The summed E-state index contributed by atoms with van der Waals surface area (Å²) >= 11 is 0. The lowest BCUT2D eigenvalue weighted by molar-refractivity contribution is 1.01. The number of hydrogen-bond acceptors (Lipinski definition) is 1. The summed E-state index contributed by atoms with van der Waals surface area (Å²) in [6.07, 6.45) is 0. The van der Waals surface area contributed by atoms with Crippen LogP contribution in [0.4, 0.5) is 11.4 Å². The first-order chi connectivity index (χ1) is 48.2. The Morgan fingerprint density at radius 3 is 1.04 bits per heavy atom. The number of nitrogens with zero attached hydrogens (tertiary/aromatic N) is 8. The molecular formula is C90H58N8. The molecule has 0 saturated carbocycles. The van der Waals surface area contributed by atoms with E-state index in [2.05, 4.69) is 321 Å². The van der Waals surface area contributed by atoms with Gasteiger partial charge in [0.05, 0.1) is 52.4 Å². The first-order valence-corrected chi connectivity index (χ1v) is 32.8. The molecule has 0 aliphatic heterocycles. The average molecular weight is 1250 g/mol. The van der Waals surface area contributed by atoms with Crippen LogP contribution in [-0.4, -0.2) is 22.8 Å². The molecule has 0 N–H and O–H groups in total. The lowest BCUT2D eigenvalue weighted by Gasteiger charge is -2.12. The van der Waals surface area contributed by atoms with Crippen LogP contribution in [0.15, 0.2) is 297 Å². The number of fused-ring (bicyclic) bond motifs is 21. The molecule has 0 amide bonds. The summed E-state index contributed by atoms with van der Waals surface area (Å²) in [5.41, 5.74) is 20.8. The molecule has 0 atom stereocenters. The Hall–Kier alpha value is -13.5. The summed E-state index contributed by atoms with van der Waals surface area (Å²) in [5.74, 6) is 0. The van der Waals surface area contributed by atoms with Crippen molar-refractivity contribution >= 4 is 153 Å². The number of aromatic nitrogens is 5. The zero-order chi connectivity index (χ0) is 65.9. The van der Waals surface area contributed by atoms with E-state index in [1.165, 1.54) is 153 Å². The zero-order valence-corrected chi connectivity index (χ0v) is 53.9. The fraction of sp³-hybridized carbons (Fsp3) is 0.0333. The molecule has 8 heteroatoms. The van der Waals surface area contributed by atoms with E-state index in [0.29, 0.717) is 16.9 Å². The fourth-order valence-electron chi connectivity index (χ4n) is 15.6. The second-order valence-corrected chi connectivity index (χ2v) is 25.5. The van der Waals surface area contributed by atoms with E-state index in [1.54, 1.807) is 0 Å². The van der Waals surface area contributed by atoms with Gasteiger partial charge in [0, 0.05) is 114 Å². The van der Waals surface area contributed by atoms with Gasteiger partial charge in [0.15, 0.2) is 11.4 Å². The topological polar surface area (TPSA) is 57.2 Å². The van der Waals surface area contributed by atoms with Crippen molar-refractivity contribution in [2.75, 3.05) is 0 Å². The normalized spacial score (nSPS) is 11.6. The minimum atomic E-state index is 0.670. The largest absolute Gasteiger partial charge is 0.345 e. The average Bonchev–Trinajstić information content (AvgIpc) is 0.930. The van der Waals surface area contributed by atoms with E-state index in [1.807, 2.05) is 36.4 Å². The van der Waals surface area contributed by atoms with Crippen LogP contribution < -0.4 is 0 Å². The van der Waals surface area contributed by atoms with Crippen molar-refractivity contribution in [2.45, 2.75) is 0 Å². The van der Waals surface area contributed by atoms with Crippen LogP contribution in [0.3, 0.4) is 0 Å². The van der Waals surface area contributed by atoms with Crippen molar-refractivity contribution in [1.82, 2.24) is 22.8 Å². The Morgan fingerprint density at radius 2 is 0.561 bits per heavy atom. The number of nitriles is 1. The Bertz CT molecular complexity index is 6800. The molecule has 0 radical (unpaired) electrons. The van der Waals surface area contributed by atoms with E-state index in [-0.39, 0.29) is 0 Å². The van der Waals surface area contributed by atoms with E-state index < -0.39 is 0 Å². The van der Waals surface area contributed by atoms with Crippen molar-refractivity contribution in [3.8, 4) is 39.7 Å². The van der Waals surface area contributed by atoms with Gasteiger partial charge < -0.3 is 22.8 Å². The Balaban J connectivity index is 0.000000107. The highest BCUT2D eigenvalue weighted by Crippen LogP contribution is 2.42. The molecule has 0 aliphatic rings. The van der Waals surface area contributed by atoms with Gasteiger partial charge in [-0.3, -0.25) is 0 Å². The summed E-state index contributed by atoms with van der Waals surface area (Å²) in [5, 5.41) is 29.3. The second-order valence-electron chi connectivity index (χ2n) is 25.5. The molecule has 0 spiro atoms. The lowest BCUT2D eigenvalue weighted by atomic mass is 9.92. The molecule has 0 bridgehead atoms. The summed E-state index contributed by atoms with van der Waals surface area (Å²) in [7, 11) is 6.21. The fourth-order valence-corrected chi connectivity index (χ4v) is 15.6. The number of para-hydroxylation sites is 4. The van der Waals surface area contributed by atoms with Gasteiger partial charge in [0.2, 0.25) is 0 Å². The molecule has 15 aromatic carbocycles. The third kappa shape index (κ3) is 8.96. The number of aryl methyl sites for hydroxylation is 3. The van der Waals surface area contributed by atoms with Crippen LogP contribution in [0, 0.1) is 24.5 Å². The smallest absolute Gasteiger partial charge is 0.189 e. The summed E-state index contributed by atoms with van der Waals surface area (Å²) in [4.78, 5) is 7.20. The minimum absolute atomic E-state index is 0.670. The highest BCUT2D eigenvalue weighted by molar-refractivity contribution is 6.26. The first kappa shape index (κ1) is 57.2. The monoisotopic (exact) mass is 1250 g/mol. The Labute approximate surface area is 564 Å². The maximum Gasteiger partial charge on any atom is 0.189 e. The Kier molecular flexibility index (Phi) is 13.2. The zero-order valence-electron chi connectivity index (χ0n) is 53.9. The van der Waals surface area contributed by atoms with Gasteiger partial charge in [-0.2, -0.15) is 5.26 Å². The molecule has 0 fully saturated rings. The van der Waals surface area contributed by atoms with Gasteiger partial charge in [0.1, 0.15) is 0 Å². The van der Waals surface area contributed by atoms with Gasteiger partial charge in [0.25, 0.3) is 0 Å². The van der Waals surface area contributed by atoms with Crippen molar-refractivity contribution in [3.05, 3.63) is 326 Å². The van der Waals surface area contributed by atoms with Crippen LogP contribution in [0.5, 0.6) is 0 Å². The van der Waals surface area contributed by atoms with E-state index >= 15 is 0 Å². The van der Waals surface area contributed by atoms with Crippen LogP contribution >= 0.6 is 0 Å². The third-order valence-electron chi connectivity index (χ3n) is 20.3. The molecule has 20 rings (SSSR count). The molecule has 5 aromatic heterocycles. The summed E-state index contributed by atoms with van der Waals surface area (Å²) < 4.78 is 11.2. The SMILES string of the molecule is Cn1c2ccc(-c3ccc4c5ccccc5c5ccccc5c4c3)cc2c2ccc(C#N)cc21.[C-]#[N+]c1ccc2c3cc(-c4ccc5c(c4)c4ccccc4n5-c4ccccc4)ccc3n(C)c2c1.[C-]#[N+]c1ccc2c3cc(-n4c5ccccc5c5ccccc54)ccc3n(C)c2c1. The lowest BCUT2D eigenvalue weighted by Crippen LogP contribution is -1.94. The van der Waals surface area contributed by atoms with Crippen LogP contribution in [0.2, 0.25) is 0 Å². The van der Waals surface area contributed by atoms with E-state index in [4.69, 9.17) is 13.1 Å². The molecule has 0 aliphatic carbocycles. The standard InChI is InChI=1S/C32H21N3.C32H20N2.C26H17N3/c1-33-23-14-15-26-27-18-21(12-16-29(27)34(2)32(26)20-23)22-13-17-31-28(19-22)25-10-6-7-11-30(25)35(31)24-8-4-3-5-9-24;1-34-31-15-12-22(18-30(31)28-13-10-20(19-33)16-32(28)34)21-11-14-27-25-8-3-2-6-23(25)24-7-4-5-9-26(24)29(27)17-21;1-27-17-11-13-21-22-16-18(12-14-23(22)28(2)26(21)15-17)29-24-9-5-3-7-19(24)20-8-4-6-10-25(20)29/h3-20H,2H3;2-18H,1H3;3-16H,2H3. The van der Waals surface area contributed by atoms with Gasteiger partial charge in [-0.05, 0) is 170 Å². The van der Waals surface area contributed by atoms with Crippen LogP contribution in [0.25, 0.3) is 185 Å². The van der Waals surface area contributed by atoms with Crippen LogP contribution in [-0.2, 0) is 21.1 Å². The highest BCUT2D eigenvalue weighted by atomic mass is 15.0. The molecule has 98 heavy (non-hydrogen) atoms. The van der Waals surface area contributed by atoms with E-state index in [0.717, 1.165) is 22.2 Å². The molecule has 0 saturated heterocycles. The van der Waals surface area contributed by atoms with Gasteiger partial charge in [-0.15, -0.1) is 0 Å².